The zero-order valence-electron chi connectivity index (χ0n) is 17.6. The Hall–Kier alpha value is -4.18. The van der Waals surface area contributed by atoms with Crippen molar-refractivity contribution in [2.75, 3.05) is 19.2 Å². The maximum Gasteiger partial charge on any atom is 0.267 e. The predicted octanol–water partition coefficient (Wildman–Crippen LogP) is 2.34. The van der Waals surface area contributed by atoms with Gasteiger partial charge in [-0.15, -0.1) is 0 Å². The van der Waals surface area contributed by atoms with Crippen LogP contribution in [0.25, 0.3) is 11.4 Å². The van der Waals surface area contributed by atoms with Gasteiger partial charge < -0.3 is 35.8 Å². The van der Waals surface area contributed by atoms with E-state index in [4.69, 9.17) is 19.9 Å². The number of primary amides is 1. The first-order valence-corrected chi connectivity index (χ1v) is 9.68. The minimum absolute atomic E-state index is 0.0429. The summed E-state index contributed by atoms with van der Waals surface area (Å²) in [6.45, 7) is 1.86. The van der Waals surface area contributed by atoms with Gasteiger partial charge in [0.1, 0.15) is 29.3 Å². The summed E-state index contributed by atoms with van der Waals surface area (Å²) >= 11 is 0. The Morgan fingerprint density at radius 1 is 1.06 bits per heavy atom. The fourth-order valence-electron chi connectivity index (χ4n) is 2.79. The zero-order chi connectivity index (χ0) is 23.1. The number of nitrogens with one attached hydrogen (secondary N) is 1. The van der Waals surface area contributed by atoms with Crippen LogP contribution in [0.3, 0.4) is 0 Å². The molecule has 10 heteroatoms. The largest absolute Gasteiger partial charge is 0.457 e. The van der Waals surface area contributed by atoms with E-state index >= 15 is 0 Å². The SMILES string of the molecule is CC(C=O)Nc1cc(C(N)=O)nc(-c2ccc(Oc3ccc4c(c3)OCO4)cc2)n1.CN. The second-order valence-electron chi connectivity index (χ2n) is 6.54. The van der Waals surface area contributed by atoms with Gasteiger partial charge in [-0.3, -0.25) is 4.79 Å². The molecule has 0 saturated carbocycles. The van der Waals surface area contributed by atoms with Gasteiger partial charge in [0, 0.05) is 17.7 Å². The standard InChI is InChI=1S/C21H18N4O5.CH5N/c1-12(10-26)23-19-9-16(20(22)27)24-21(25-19)13-2-4-14(5-3-13)30-15-6-7-17-18(8-15)29-11-28-17;1-2/h2-10,12H,11H2,1H3,(H2,22,27)(H,23,24,25);2H2,1H3. The molecule has 4 rings (SSSR count). The second-order valence-corrected chi connectivity index (χ2v) is 6.54. The first kappa shape index (κ1) is 22.5. The molecular weight excluding hydrogens is 414 g/mol. The third-order valence-electron chi connectivity index (χ3n) is 4.25. The van der Waals surface area contributed by atoms with E-state index in [0.717, 1.165) is 6.29 Å². The molecule has 1 atom stereocenters. The Labute approximate surface area is 184 Å². The lowest BCUT2D eigenvalue weighted by Crippen LogP contribution is -2.20. The third-order valence-corrected chi connectivity index (χ3v) is 4.25. The summed E-state index contributed by atoms with van der Waals surface area (Å²) in [5, 5.41) is 2.89. The summed E-state index contributed by atoms with van der Waals surface area (Å²) in [6.07, 6.45) is 0.730. The van der Waals surface area contributed by atoms with Gasteiger partial charge >= 0.3 is 0 Å². The fourth-order valence-corrected chi connectivity index (χ4v) is 2.79. The Balaban J connectivity index is 0.00000141. The molecular formula is C22H23N5O5. The normalized spacial score (nSPS) is 12.2. The Kier molecular flexibility index (Phi) is 7.19. The van der Waals surface area contributed by atoms with Crippen molar-refractivity contribution in [2.45, 2.75) is 13.0 Å². The number of fused-ring (bicyclic) bond motifs is 1. The van der Waals surface area contributed by atoms with Crippen molar-refractivity contribution < 1.29 is 23.8 Å². The van der Waals surface area contributed by atoms with E-state index in [2.05, 4.69) is 21.0 Å². The molecule has 1 amide bonds. The lowest BCUT2D eigenvalue weighted by atomic mass is 10.2. The van der Waals surface area contributed by atoms with Crippen LogP contribution in [0.15, 0.2) is 48.5 Å². The summed E-state index contributed by atoms with van der Waals surface area (Å²) < 4.78 is 16.5. The molecule has 32 heavy (non-hydrogen) atoms. The molecule has 1 aliphatic heterocycles. The molecule has 0 radical (unpaired) electrons. The molecule has 0 saturated heterocycles. The van der Waals surface area contributed by atoms with Gasteiger partial charge in [-0.25, -0.2) is 9.97 Å². The van der Waals surface area contributed by atoms with Gasteiger partial charge in [0.2, 0.25) is 6.79 Å². The highest BCUT2D eigenvalue weighted by molar-refractivity contribution is 5.92. The Morgan fingerprint density at radius 3 is 2.44 bits per heavy atom. The Morgan fingerprint density at radius 2 is 1.75 bits per heavy atom. The molecule has 10 nitrogen and oxygen atoms in total. The van der Waals surface area contributed by atoms with E-state index < -0.39 is 11.9 Å². The van der Waals surface area contributed by atoms with Crippen molar-refractivity contribution in [2.24, 2.45) is 11.5 Å². The zero-order valence-corrected chi connectivity index (χ0v) is 17.6. The van der Waals surface area contributed by atoms with Gasteiger partial charge in [0.25, 0.3) is 5.91 Å². The van der Waals surface area contributed by atoms with Crippen LogP contribution in [0.4, 0.5) is 5.82 Å². The predicted molar refractivity (Wildman–Crippen MR) is 118 cm³/mol. The molecule has 1 aliphatic rings. The number of carbonyl (C=O) groups excluding carboxylic acids is 2. The summed E-state index contributed by atoms with van der Waals surface area (Å²) in [7, 11) is 1.50. The fraction of sp³-hybridized carbons (Fsp3) is 0.182. The number of hydrogen-bond donors (Lipinski definition) is 3. The number of amides is 1. The average Bonchev–Trinajstić information content (AvgIpc) is 3.28. The lowest BCUT2D eigenvalue weighted by Gasteiger charge is -2.11. The highest BCUT2D eigenvalue weighted by atomic mass is 16.7. The van der Waals surface area contributed by atoms with Crippen LogP contribution in [-0.4, -0.2) is 42.0 Å². The minimum atomic E-state index is -0.691. The number of aromatic nitrogens is 2. The van der Waals surface area contributed by atoms with E-state index in [0.29, 0.717) is 40.2 Å². The molecule has 166 valence electrons. The molecule has 0 aliphatic carbocycles. The van der Waals surface area contributed by atoms with Crippen molar-refractivity contribution in [3.05, 3.63) is 54.2 Å². The van der Waals surface area contributed by atoms with Crippen LogP contribution in [0, 0.1) is 0 Å². The molecule has 1 unspecified atom stereocenters. The van der Waals surface area contributed by atoms with Crippen LogP contribution in [0.5, 0.6) is 23.0 Å². The number of ether oxygens (including phenoxy) is 3. The number of aldehydes is 1. The number of benzene rings is 2. The Bertz CT molecular complexity index is 1100. The van der Waals surface area contributed by atoms with E-state index in [9.17, 15) is 9.59 Å². The highest BCUT2D eigenvalue weighted by Crippen LogP contribution is 2.36. The molecule has 5 N–H and O–H groups in total. The summed E-state index contributed by atoms with van der Waals surface area (Å²) in [6, 6.07) is 13.3. The molecule has 2 heterocycles. The molecule has 0 spiro atoms. The monoisotopic (exact) mass is 437 g/mol. The van der Waals surface area contributed by atoms with Crippen LogP contribution >= 0.6 is 0 Å². The van der Waals surface area contributed by atoms with Crippen molar-refractivity contribution in [1.82, 2.24) is 9.97 Å². The van der Waals surface area contributed by atoms with Crippen LogP contribution in [-0.2, 0) is 4.79 Å². The molecule has 2 aromatic carbocycles. The lowest BCUT2D eigenvalue weighted by molar-refractivity contribution is -0.108. The molecule has 1 aromatic heterocycles. The minimum Gasteiger partial charge on any atom is -0.457 e. The van der Waals surface area contributed by atoms with E-state index in [-0.39, 0.29) is 12.5 Å². The first-order chi connectivity index (χ1) is 15.5. The van der Waals surface area contributed by atoms with Gasteiger partial charge in [-0.2, -0.15) is 0 Å². The second kappa shape index (κ2) is 10.2. The van der Waals surface area contributed by atoms with Gasteiger partial charge in [-0.05, 0) is 50.4 Å². The third kappa shape index (κ3) is 5.29. The summed E-state index contributed by atoms with van der Waals surface area (Å²) in [5.74, 6) is 2.44. The maximum atomic E-state index is 11.6. The number of carbonyl (C=O) groups is 2. The summed E-state index contributed by atoms with van der Waals surface area (Å²) in [5.41, 5.74) is 10.6. The maximum absolute atomic E-state index is 11.6. The van der Waals surface area contributed by atoms with E-state index in [1.807, 2.05) is 0 Å². The van der Waals surface area contributed by atoms with Crippen molar-refractivity contribution >= 4 is 18.0 Å². The number of hydrogen-bond acceptors (Lipinski definition) is 9. The number of nitrogens with zero attached hydrogens (tertiary/aromatic N) is 2. The average molecular weight is 437 g/mol. The molecule has 0 bridgehead atoms. The van der Waals surface area contributed by atoms with Crippen LogP contribution in [0.2, 0.25) is 0 Å². The van der Waals surface area contributed by atoms with Crippen molar-refractivity contribution in [3.8, 4) is 34.4 Å². The number of nitrogens with two attached hydrogens (primary N) is 2. The van der Waals surface area contributed by atoms with E-state index in [1.54, 1.807) is 49.4 Å². The van der Waals surface area contributed by atoms with Crippen molar-refractivity contribution in [3.63, 3.8) is 0 Å². The summed E-state index contributed by atoms with van der Waals surface area (Å²) in [4.78, 5) is 31.1. The van der Waals surface area contributed by atoms with Crippen molar-refractivity contribution in [1.29, 1.82) is 0 Å². The molecule has 0 fully saturated rings. The number of rotatable bonds is 7. The van der Waals surface area contributed by atoms with Gasteiger partial charge in [-0.1, -0.05) is 0 Å². The molecule has 3 aromatic rings. The first-order valence-electron chi connectivity index (χ1n) is 9.68. The topological polar surface area (TPSA) is 152 Å². The van der Waals surface area contributed by atoms with E-state index in [1.165, 1.54) is 13.1 Å². The quantitative estimate of drug-likeness (QED) is 0.473. The van der Waals surface area contributed by atoms with Crippen LogP contribution in [0.1, 0.15) is 17.4 Å². The van der Waals surface area contributed by atoms with Crippen LogP contribution < -0.4 is 31.0 Å². The van der Waals surface area contributed by atoms with Gasteiger partial charge in [0.05, 0.1) is 6.04 Å². The van der Waals surface area contributed by atoms with Gasteiger partial charge in [0.15, 0.2) is 17.3 Å². The highest BCUT2D eigenvalue weighted by Gasteiger charge is 2.15. The number of anilines is 1. The smallest absolute Gasteiger partial charge is 0.267 e.